The first-order chi connectivity index (χ1) is 12.9. The molecule has 0 spiro atoms. The maximum absolute atomic E-state index is 13.1. The summed E-state index contributed by atoms with van der Waals surface area (Å²) in [7, 11) is 0. The quantitative estimate of drug-likeness (QED) is 0.456. The maximum Gasteiger partial charge on any atom is 0.262 e. The Morgan fingerprint density at radius 1 is 1.22 bits per heavy atom. The molecular weight excluding hydrogens is 426 g/mol. The van der Waals surface area contributed by atoms with Crippen molar-refractivity contribution in [3.8, 4) is 0 Å². The Morgan fingerprint density at radius 3 is 2.56 bits per heavy atom. The summed E-state index contributed by atoms with van der Waals surface area (Å²) in [5.41, 5.74) is 6.93. The lowest BCUT2D eigenvalue weighted by atomic mass is 10.1. The summed E-state index contributed by atoms with van der Waals surface area (Å²) in [5, 5.41) is 0.422. The van der Waals surface area contributed by atoms with Crippen LogP contribution in [0.1, 0.15) is 24.7 Å². The molecule has 1 unspecified atom stereocenters. The van der Waals surface area contributed by atoms with E-state index in [9.17, 15) is 9.59 Å². The number of aromatic nitrogens is 2. The van der Waals surface area contributed by atoms with E-state index in [2.05, 4.69) is 20.9 Å². The average molecular weight is 446 g/mol. The van der Waals surface area contributed by atoms with Gasteiger partial charge in [-0.2, -0.15) is 0 Å². The highest BCUT2D eigenvalue weighted by atomic mass is 79.9. The lowest BCUT2D eigenvalue weighted by Crippen LogP contribution is -2.27. The van der Waals surface area contributed by atoms with E-state index in [1.165, 1.54) is 11.8 Å². The fourth-order valence-corrected chi connectivity index (χ4v) is 4.23. The summed E-state index contributed by atoms with van der Waals surface area (Å²) in [6.07, 6.45) is 0. The number of thioether (sulfide) groups is 1. The number of fused-ring (bicyclic) bond motifs is 1. The molecule has 140 valence electrons. The van der Waals surface area contributed by atoms with Crippen molar-refractivity contribution in [2.24, 2.45) is 11.7 Å². The fraction of sp³-hybridized carbons (Fsp3) is 0.250. The first-order valence-corrected chi connectivity index (χ1v) is 10.2. The number of benzene rings is 2. The zero-order valence-electron chi connectivity index (χ0n) is 15.1. The summed E-state index contributed by atoms with van der Waals surface area (Å²) in [6.45, 7) is 4.58. The van der Waals surface area contributed by atoms with Crippen molar-refractivity contribution in [3.63, 3.8) is 0 Å². The third-order valence-corrected chi connectivity index (χ3v) is 5.77. The summed E-state index contributed by atoms with van der Waals surface area (Å²) in [4.78, 5) is 29.9. The van der Waals surface area contributed by atoms with E-state index in [4.69, 9.17) is 5.73 Å². The smallest absolute Gasteiger partial charge is 0.262 e. The van der Waals surface area contributed by atoms with Crippen molar-refractivity contribution in [2.45, 2.75) is 30.8 Å². The molecule has 0 aliphatic heterocycles. The van der Waals surface area contributed by atoms with Crippen LogP contribution < -0.4 is 11.3 Å². The van der Waals surface area contributed by atoms with E-state index < -0.39 is 11.2 Å². The lowest BCUT2D eigenvalue weighted by molar-refractivity contribution is -0.117. The van der Waals surface area contributed by atoms with Crippen LogP contribution in [0.5, 0.6) is 0 Å². The molecule has 0 aliphatic carbocycles. The molecule has 3 aromatic rings. The molecule has 0 bridgehead atoms. The minimum Gasteiger partial charge on any atom is -0.368 e. The number of nitrogens with zero attached hydrogens (tertiary/aromatic N) is 2. The first-order valence-electron chi connectivity index (χ1n) is 8.58. The predicted octanol–water partition coefficient (Wildman–Crippen LogP) is 4.13. The van der Waals surface area contributed by atoms with Crippen LogP contribution in [0.3, 0.4) is 0 Å². The van der Waals surface area contributed by atoms with E-state index in [-0.39, 0.29) is 11.5 Å². The molecule has 3 rings (SSSR count). The van der Waals surface area contributed by atoms with Gasteiger partial charge in [-0.25, -0.2) is 4.98 Å². The van der Waals surface area contributed by atoms with Crippen LogP contribution in [0.25, 0.3) is 10.9 Å². The topological polar surface area (TPSA) is 78.0 Å². The number of hydrogen-bond acceptors (Lipinski definition) is 4. The van der Waals surface area contributed by atoms with Gasteiger partial charge in [-0.1, -0.05) is 71.9 Å². The van der Waals surface area contributed by atoms with Gasteiger partial charge >= 0.3 is 0 Å². The van der Waals surface area contributed by atoms with Crippen molar-refractivity contribution in [1.29, 1.82) is 0 Å². The molecule has 0 aliphatic rings. The van der Waals surface area contributed by atoms with Gasteiger partial charge in [0.25, 0.3) is 5.56 Å². The van der Waals surface area contributed by atoms with E-state index in [0.717, 1.165) is 10.0 Å². The number of halogens is 1. The van der Waals surface area contributed by atoms with Gasteiger partial charge in [0.15, 0.2) is 5.16 Å². The molecule has 5 nitrogen and oxygen atoms in total. The molecule has 27 heavy (non-hydrogen) atoms. The largest absolute Gasteiger partial charge is 0.368 e. The number of amides is 1. The van der Waals surface area contributed by atoms with Gasteiger partial charge in [-0.15, -0.1) is 0 Å². The van der Waals surface area contributed by atoms with Crippen molar-refractivity contribution in [1.82, 2.24) is 9.55 Å². The van der Waals surface area contributed by atoms with Crippen LogP contribution in [-0.2, 0) is 11.3 Å². The Bertz CT molecular complexity index is 1030. The monoisotopic (exact) mass is 445 g/mol. The van der Waals surface area contributed by atoms with Gasteiger partial charge in [0, 0.05) is 11.0 Å². The number of nitrogens with two attached hydrogens (primary N) is 1. The second kappa shape index (κ2) is 8.27. The average Bonchev–Trinajstić information content (AvgIpc) is 2.63. The van der Waals surface area contributed by atoms with Crippen LogP contribution in [0.15, 0.2) is 63.0 Å². The molecule has 2 aromatic carbocycles. The van der Waals surface area contributed by atoms with Crippen molar-refractivity contribution >= 4 is 44.5 Å². The summed E-state index contributed by atoms with van der Waals surface area (Å²) in [5.74, 6) is -0.218. The third-order valence-electron chi connectivity index (χ3n) is 4.01. The Kier molecular flexibility index (Phi) is 6.01. The highest BCUT2D eigenvalue weighted by molar-refractivity contribution is 9.10. The molecule has 1 atom stereocenters. The Labute approximate surface area is 170 Å². The minimum absolute atomic E-state index is 0.117. The molecule has 7 heteroatoms. The molecule has 1 aromatic heterocycles. The van der Waals surface area contributed by atoms with E-state index in [0.29, 0.717) is 22.6 Å². The second-order valence-electron chi connectivity index (χ2n) is 6.68. The summed E-state index contributed by atoms with van der Waals surface area (Å²) >= 11 is 4.63. The molecule has 0 saturated heterocycles. The van der Waals surface area contributed by atoms with Crippen LogP contribution in [-0.4, -0.2) is 15.5 Å². The van der Waals surface area contributed by atoms with Gasteiger partial charge in [-0.05, 0) is 29.7 Å². The normalized spacial score (nSPS) is 12.4. The Morgan fingerprint density at radius 2 is 1.93 bits per heavy atom. The number of carbonyl (C=O) groups excluding carboxylic acids is 1. The van der Waals surface area contributed by atoms with Gasteiger partial charge in [0.05, 0.1) is 10.9 Å². The van der Waals surface area contributed by atoms with E-state index in [1.807, 2.05) is 50.2 Å². The molecule has 1 amide bonds. The maximum atomic E-state index is 13.1. The SMILES string of the molecule is CC(C)Cn1c(SC(C(N)=O)c2ccccc2)nc2ccc(Br)cc2c1=O. The molecule has 0 radical (unpaired) electrons. The van der Waals surface area contributed by atoms with Crippen LogP contribution in [0.4, 0.5) is 0 Å². The number of primary amides is 1. The Hall–Kier alpha value is -2.12. The minimum atomic E-state index is -0.621. The summed E-state index contributed by atoms with van der Waals surface area (Å²) < 4.78 is 2.47. The summed E-state index contributed by atoms with van der Waals surface area (Å²) in [6, 6.07) is 14.7. The number of hydrogen-bond donors (Lipinski definition) is 1. The number of rotatable bonds is 6. The van der Waals surface area contributed by atoms with Gasteiger partial charge in [0.1, 0.15) is 5.25 Å². The molecule has 1 heterocycles. The zero-order chi connectivity index (χ0) is 19.6. The van der Waals surface area contributed by atoms with Crippen molar-refractivity contribution in [2.75, 3.05) is 0 Å². The van der Waals surface area contributed by atoms with Gasteiger partial charge in [-0.3, -0.25) is 14.2 Å². The molecule has 0 fully saturated rings. The standard InChI is InChI=1S/C20H20BrN3O2S/c1-12(2)11-24-19(26)15-10-14(21)8-9-16(15)23-20(24)27-17(18(22)25)13-6-4-3-5-7-13/h3-10,12,17H,11H2,1-2H3,(H2,22,25). The van der Waals surface area contributed by atoms with Gasteiger partial charge in [0.2, 0.25) is 5.91 Å². The molecule has 2 N–H and O–H groups in total. The van der Waals surface area contributed by atoms with Crippen LogP contribution >= 0.6 is 27.7 Å². The lowest BCUT2D eigenvalue weighted by Gasteiger charge is -2.18. The fourth-order valence-electron chi connectivity index (χ4n) is 2.81. The first kappa shape index (κ1) is 19.6. The predicted molar refractivity (Wildman–Crippen MR) is 113 cm³/mol. The van der Waals surface area contributed by atoms with E-state index in [1.54, 1.807) is 16.7 Å². The highest BCUT2D eigenvalue weighted by Crippen LogP contribution is 2.34. The second-order valence-corrected chi connectivity index (χ2v) is 8.66. The van der Waals surface area contributed by atoms with Crippen molar-refractivity contribution < 1.29 is 4.79 Å². The highest BCUT2D eigenvalue weighted by Gasteiger charge is 2.23. The van der Waals surface area contributed by atoms with Gasteiger partial charge < -0.3 is 5.73 Å². The molecule has 0 saturated carbocycles. The third kappa shape index (κ3) is 4.42. The zero-order valence-corrected chi connectivity index (χ0v) is 17.5. The van der Waals surface area contributed by atoms with Crippen LogP contribution in [0.2, 0.25) is 0 Å². The Balaban J connectivity index is 2.15. The number of carbonyl (C=O) groups is 1. The molecular formula is C20H20BrN3O2S. The van der Waals surface area contributed by atoms with E-state index >= 15 is 0 Å². The van der Waals surface area contributed by atoms with Crippen LogP contribution in [0, 0.1) is 5.92 Å². The van der Waals surface area contributed by atoms with Crippen molar-refractivity contribution in [3.05, 3.63) is 68.9 Å².